The second kappa shape index (κ2) is 7.10. The van der Waals surface area contributed by atoms with Crippen molar-refractivity contribution in [3.8, 4) is 0 Å². The average Bonchev–Trinajstić information content (AvgIpc) is 2.91. The second-order valence-electron chi connectivity index (χ2n) is 4.57. The third-order valence-electron chi connectivity index (χ3n) is 3.25. The lowest BCUT2D eigenvalue weighted by molar-refractivity contribution is 0.318. The molecule has 0 aliphatic heterocycles. The zero-order chi connectivity index (χ0) is 13.7. The normalized spacial score (nSPS) is 17.0. The van der Waals surface area contributed by atoms with Crippen LogP contribution in [-0.4, -0.2) is 22.0 Å². The average molecular weight is 296 g/mol. The fraction of sp³-hybridized carbons (Fsp3) is 0.500. The molecule has 0 atom stereocenters. The van der Waals surface area contributed by atoms with Crippen molar-refractivity contribution < 1.29 is 5.21 Å². The Hall–Kier alpha value is -0.810. The number of benzene rings is 1. The van der Waals surface area contributed by atoms with Gasteiger partial charge in [0.15, 0.2) is 5.84 Å². The molecule has 0 radical (unpaired) electrons. The molecular weight excluding hydrogens is 276 g/mol. The number of thioether (sulfide) groups is 2. The predicted octanol–water partition coefficient (Wildman–Crippen LogP) is 3.93. The largest absolute Gasteiger partial charge is 0.409 e. The number of amidine groups is 1. The Kier molecular flexibility index (Phi) is 5.45. The van der Waals surface area contributed by atoms with Gasteiger partial charge in [0, 0.05) is 20.6 Å². The van der Waals surface area contributed by atoms with Crippen molar-refractivity contribution >= 4 is 29.4 Å². The van der Waals surface area contributed by atoms with Gasteiger partial charge in [0.25, 0.3) is 0 Å². The van der Waals surface area contributed by atoms with Crippen LogP contribution in [0.1, 0.15) is 38.2 Å². The van der Waals surface area contributed by atoms with Gasteiger partial charge in [-0.1, -0.05) is 31.0 Å². The first-order chi connectivity index (χ1) is 9.26. The molecule has 104 valence electrons. The summed E-state index contributed by atoms with van der Waals surface area (Å²) < 4.78 is 0. The van der Waals surface area contributed by atoms with Gasteiger partial charge in [0.2, 0.25) is 0 Å². The molecule has 1 saturated carbocycles. The van der Waals surface area contributed by atoms with Gasteiger partial charge in [-0.25, -0.2) is 0 Å². The third kappa shape index (κ3) is 3.60. The van der Waals surface area contributed by atoms with E-state index in [0.29, 0.717) is 5.25 Å². The fourth-order valence-corrected chi connectivity index (χ4v) is 4.70. The standard InChI is InChI=1S/C14H20N2OS2/c1-2-18-11-8-5-9-12(13(11)14(15)16-17)19-10-6-3-4-7-10/h5,8-10,17H,2-4,6-7H2,1H3,(H2,15,16). The van der Waals surface area contributed by atoms with Crippen molar-refractivity contribution in [1.29, 1.82) is 0 Å². The van der Waals surface area contributed by atoms with Crippen LogP contribution in [0.4, 0.5) is 0 Å². The first kappa shape index (κ1) is 14.6. The highest BCUT2D eigenvalue weighted by molar-refractivity contribution is 8.00. The van der Waals surface area contributed by atoms with Crippen LogP contribution >= 0.6 is 23.5 Å². The lowest BCUT2D eigenvalue weighted by atomic mass is 10.2. The Labute approximate surface area is 123 Å². The van der Waals surface area contributed by atoms with E-state index < -0.39 is 0 Å². The first-order valence-corrected chi connectivity index (χ1v) is 8.53. The highest BCUT2D eigenvalue weighted by Gasteiger charge is 2.20. The maximum Gasteiger partial charge on any atom is 0.172 e. The minimum absolute atomic E-state index is 0.219. The first-order valence-electron chi connectivity index (χ1n) is 6.66. The number of oxime groups is 1. The lowest BCUT2D eigenvalue weighted by Crippen LogP contribution is -2.16. The Morgan fingerprint density at radius 1 is 1.37 bits per heavy atom. The molecule has 3 nitrogen and oxygen atoms in total. The van der Waals surface area contributed by atoms with Gasteiger partial charge in [-0.15, -0.1) is 23.5 Å². The molecule has 0 amide bonds. The van der Waals surface area contributed by atoms with Crippen LogP contribution in [0, 0.1) is 0 Å². The van der Waals surface area contributed by atoms with E-state index in [1.54, 1.807) is 11.8 Å². The molecule has 1 aromatic rings. The Balaban J connectivity index is 2.32. The zero-order valence-electron chi connectivity index (χ0n) is 11.1. The zero-order valence-corrected chi connectivity index (χ0v) is 12.8. The fourth-order valence-electron chi connectivity index (χ4n) is 2.37. The van der Waals surface area contributed by atoms with E-state index in [9.17, 15) is 0 Å². The summed E-state index contributed by atoms with van der Waals surface area (Å²) in [6.45, 7) is 2.11. The molecule has 19 heavy (non-hydrogen) atoms. The summed E-state index contributed by atoms with van der Waals surface area (Å²) in [6.07, 6.45) is 5.18. The van der Waals surface area contributed by atoms with Crippen molar-refractivity contribution in [2.45, 2.75) is 47.6 Å². The van der Waals surface area contributed by atoms with Crippen LogP contribution in [0.2, 0.25) is 0 Å². The number of hydrogen-bond acceptors (Lipinski definition) is 4. The van der Waals surface area contributed by atoms with E-state index in [4.69, 9.17) is 10.9 Å². The topological polar surface area (TPSA) is 58.6 Å². The van der Waals surface area contributed by atoms with Crippen LogP contribution in [0.15, 0.2) is 33.1 Å². The van der Waals surface area contributed by atoms with Gasteiger partial charge in [-0.2, -0.15) is 0 Å². The Bertz CT molecular complexity index is 457. The summed E-state index contributed by atoms with van der Waals surface area (Å²) in [5, 5.41) is 12.9. The van der Waals surface area contributed by atoms with Gasteiger partial charge in [0.1, 0.15) is 0 Å². The molecule has 0 heterocycles. The molecule has 0 aromatic heterocycles. The number of hydrogen-bond donors (Lipinski definition) is 2. The number of rotatable bonds is 5. The van der Waals surface area contributed by atoms with E-state index in [-0.39, 0.29) is 5.84 Å². The summed E-state index contributed by atoms with van der Waals surface area (Å²) in [5.74, 6) is 1.19. The SMILES string of the molecule is CCSc1cccc(SC2CCCC2)c1/C(N)=N/O. The van der Waals surface area contributed by atoms with E-state index in [0.717, 1.165) is 21.1 Å². The molecule has 0 saturated heterocycles. The Morgan fingerprint density at radius 2 is 2.05 bits per heavy atom. The van der Waals surface area contributed by atoms with Gasteiger partial charge >= 0.3 is 0 Å². The highest BCUT2D eigenvalue weighted by atomic mass is 32.2. The smallest absolute Gasteiger partial charge is 0.172 e. The highest BCUT2D eigenvalue weighted by Crippen LogP contribution is 2.38. The van der Waals surface area contributed by atoms with Crippen LogP contribution in [0.3, 0.4) is 0 Å². The van der Waals surface area contributed by atoms with Crippen LogP contribution in [-0.2, 0) is 0 Å². The van der Waals surface area contributed by atoms with Crippen molar-refractivity contribution in [2.75, 3.05) is 5.75 Å². The molecule has 0 unspecified atom stereocenters. The van der Waals surface area contributed by atoms with Crippen LogP contribution in [0.5, 0.6) is 0 Å². The van der Waals surface area contributed by atoms with E-state index in [2.05, 4.69) is 24.2 Å². The molecule has 1 aromatic carbocycles. The Morgan fingerprint density at radius 3 is 2.68 bits per heavy atom. The number of nitrogens with two attached hydrogens (primary N) is 1. The predicted molar refractivity (Wildman–Crippen MR) is 83.5 cm³/mol. The van der Waals surface area contributed by atoms with Gasteiger partial charge in [0.05, 0.1) is 0 Å². The molecule has 0 spiro atoms. The van der Waals surface area contributed by atoms with Gasteiger partial charge < -0.3 is 10.9 Å². The van der Waals surface area contributed by atoms with E-state index in [1.165, 1.54) is 25.7 Å². The number of nitrogens with zero attached hydrogens (tertiary/aromatic N) is 1. The van der Waals surface area contributed by atoms with Crippen molar-refractivity contribution in [3.05, 3.63) is 23.8 Å². The monoisotopic (exact) mass is 296 g/mol. The molecule has 5 heteroatoms. The van der Waals surface area contributed by atoms with Gasteiger partial charge in [-0.05, 0) is 30.7 Å². The maximum absolute atomic E-state index is 9.01. The molecule has 2 rings (SSSR count). The summed E-state index contributed by atoms with van der Waals surface area (Å²) in [4.78, 5) is 2.24. The summed E-state index contributed by atoms with van der Waals surface area (Å²) >= 11 is 3.61. The lowest BCUT2D eigenvalue weighted by Gasteiger charge is -2.15. The summed E-state index contributed by atoms with van der Waals surface area (Å²) in [6, 6.07) is 6.18. The van der Waals surface area contributed by atoms with Crippen LogP contribution < -0.4 is 5.73 Å². The summed E-state index contributed by atoms with van der Waals surface area (Å²) in [5.41, 5.74) is 6.77. The van der Waals surface area contributed by atoms with Crippen LogP contribution in [0.25, 0.3) is 0 Å². The van der Waals surface area contributed by atoms with E-state index in [1.807, 2.05) is 17.8 Å². The molecule has 1 aliphatic carbocycles. The molecule has 0 bridgehead atoms. The molecule has 3 N–H and O–H groups in total. The maximum atomic E-state index is 9.01. The van der Waals surface area contributed by atoms with E-state index >= 15 is 0 Å². The molecular formula is C14H20N2OS2. The van der Waals surface area contributed by atoms with Gasteiger partial charge in [-0.3, -0.25) is 0 Å². The summed E-state index contributed by atoms with van der Waals surface area (Å²) in [7, 11) is 0. The van der Waals surface area contributed by atoms with Crippen molar-refractivity contribution in [2.24, 2.45) is 10.9 Å². The minimum atomic E-state index is 0.219. The third-order valence-corrected chi connectivity index (χ3v) is 5.59. The van der Waals surface area contributed by atoms with Crippen molar-refractivity contribution in [3.63, 3.8) is 0 Å². The van der Waals surface area contributed by atoms with Crippen molar-refractivity contribution in [1.82, 2.24) is 0 Å². The quantitative estimate of drug-likeness (QED) is 0.284. The second-order valence-corrected chi connectivity index (χ2v) is 7.22. The molecule has 1 fully saturated rings. The molecule has 1 aliphatic rings. The minimum Gasteiger partial charge on any atom is -0.409 e.